The van der Waals surface area contributed by atoms with Crippen LogP contribution in [0.25, 0.3) is 0 Å². The SMILES string of the molecule is Cc1cccc(Oc2ccccc2NC(=O)N2CC[C@@H]3CNC[C@@H]32)c1. The second-order valence-electron chi connectivity index (χ2n) is 6.81. The summed E-state index contributed by atoms with van der Waals surface area (Å²) in [6.45, 7) is 4.75. The number of hydrogen-bond donors (Lipinski definition) is 2. The number of anilines is 1. The zero-order valence-corrected chi connectivity index (χ0v) is 14.4. The first-order chi connectivity index (χ1) is 12.2. The lowest BCUT2D eigenvalue weighted by atomic mass is 10.1. The van der Waals surface area contributed by atoms with Gasteiger partial charge in [-0.15, -0.1) is 0 Å². The minimum absolute atomic E-state index is 0.0449. The van der Waals surface area contributed by atoms with E-state index in [1.807, 2.05) is 60.4 Å². The van der Waals surface area contributed by atoms with Gasteiger partial charge in [0.05, 0.1) is 5.69 Å². The van der Waals surface area contributed by atoms with Gasteiger partial charge in [-0.05, 0) is 49.1 Å². The molecule has 0 aromatic heterocycles. The van der Waals surface area contributed by atoms with Crippen molar-refractivity contribution in [3.63, 3.8) is 0 Å². The van der Waals surface area contributed by atoms with Crippen LogP contribution in [0.15, 0.2) is 48.5 Å². The minimum atomic E-state index is -0.0449. The second kappa shape index (κ2) is 6.76. The fraction of sp³-hybridized carbons (Fsp3) is 0.350. The molecule has 0 radical (unpaired) electrons. The van der Waals surface area contributed by atoms with Crippen molar-refractivity contribution in [2.45, 2.75) is 19.4 Å². The van der Waals surface area contributed by atoms with Crippen LogP contribution in [-0.4, -0.2) is 36.6 Å². The predicted molar refractivity (Wildman–Crippen MR) is 98.2 cm³/mol. The smallest absolute Gasteiger partial charge is 0.322 e. The predicted octanol–water partition coefficient (Wildman–Crippen LogP) is 3.61. The van der Waals surface area contributed by atoms with Gasteiger partial charge in [0.1, 0.15) is 5.75 Å². The summed E-state index contributed by atoms with van der Waals surface area (Å²) in [5, 5.41) is 6.41. The molecular weight excluding hydrogens is 314 g/mol. The zero-order chi connectivity index (χ0) is 17.2. The highest BCUT2D eigenvalue weighted by atomic mass is 16.5. The molecule has 0 bridgehead atoms. The van der Waals surface area contributed by atoms with Gasteiger partial charge in [-0.1, -0.05) is 24.3 Å². The molecular formula is C20H23N3O2. The minimum Gasteiger partial charge on any atom is -0.455 e. The lowest BCUT2D eigenvalue weighted by molar-refractivity contribution is 0.206. The number of likely N-dealkylation sites (tertiary alicyclic amines) is 1. The van der Waals surface area contributed by atoms with Crippen molar-refractivity contribution >= 4 is 11.7 Å². The molecule has 2 heterocycles. The summed E-state index contributed by atoms with van der Waals surface area (Å²) in [6, 6.07) is 15.7. The van der Waals surface area contributed by atoms with E-state index in [2.05, 4.69) is 10.6 Å². The Morgan fingerprint density at radius 1 is 1.20 bits per heavy atom. The average molecular weight is 337 g/mol. The standard InChI is InChI=1S/C20H23N3O2/c1-14-5-4-6-16(11-14)25-19-8-3-2-7-17(19)22-20(24)23-10-9-15-12-21-13-18(15)23/h2-8,11,15,18,21H,9-10,12-13H2,1H3,(H,22,24)/t15-,18+/m1/s1. The maximum Gasteiger partial charge on any atom is 0.322 e. The molecule has 2 aliphatic heterocycles. The fourth-order valence-electron chi connectivity index (χ4n) is 3.75. The number of hydrogen-bond acceptors (Lipinski definition) is 3. The molecule has 0 unspecified atom stereocenters. The number of rotatable bonds is 3. The van der Waals surface area contributed by atoms with Gasteiger partial charge in [0.15, 0.2) is 5.75 Å². The topological polar surface area (TPSA) is 53.6 Å². The van der Waals surface area contributed by atoms with Crippen molar-refractivity contribution in [2.24, 2.45) is 5.92 Å². The molecule has 2 aromatic carbocycles. The van der Waals surface area contributed by atoms with Gasteiger partial charge >= 0.3 is 6.03 Å². The van der Waals surface area contributed by atoms with E-state index in [0.29, 0.717) is 23.4 Å². The number of fused-ring (bicyclic) bond motifs is 1. The molecule has 5 nitrogen and oxygen atoms in total. The van der Waals surface area contributed by atoms with E-state index >= 15 is 0 Å². The Hall–Kier alpha value is -2.53. The summed E-state index contributed by atoms with van der Waals surface area (Å²) in [6.07, 6.45) is 1.08. The number of nitrogens with one attached hydrogen (secondary N) is 2. The van der Waals surface area contributed by atoms with Gasteiger partial charge in [0, 0.05) is 25.7 Å². The third kappa shape index (κ3) is 3.33. The number of aryl methyl sites for hydroxylation is 1. The number of carbonyl (C=O) groups is 1. The van der Waals surface area contributed by atoms with E-state index in [1.165, 1.54) is 0 Å². The number of amides is 2. The molecule has 0 spiro atoms. The first-order valence-electron chi connectivity index (χ1n) is 8.82. The van der Waals surface area contributed by atoms with E-state index in [-0.39, 0.29) is 6.03 Å². The van der Waals surface area contributed by atoms with E-state index in [4.69, 9.17) is 4.74 Å². The van der Waals surface area contributed by atoms with Crippen molar-refractivity contribution in [1.82, 2.24) is 10.2 Å². The third-order valence-electron chi connectivity index (χ3n) is 5.05. The van der Waals surface area contributed by atoms with Crippen LogP contribution in [-0.2, 0) is 0 Å². The summed E-state index contributed by atoms with van der Waals surface area (Å²) < 4.78 is 5.99. The van der Waals surface area contributed by atoms with Crippen LogP contribution in [0, 0.1) is 12.8 Å². The Bertz CT molecular complexity index is 777. The highest BCUT2D eigenvalue weighted by molar-refractivity contribution is 5.91. The van der Waals surface area contributed by atoms with E-state index < -0.39 is 0 Å². The Balaban J connectivity index is 1.50. The number of carbonyl (C=O) groups excluding carboxylic acids is 1. The zero-order valence-electron chi connectivity index (χ0n) is 14.4. The quantitative estimate of drug-likeness (QED) is 0.899. The van der Waals surface area contributed by atoms with Crippen LogP contribution in [0.1, 0.15) is 12.0 Å². The monoisotopic (exact) mass is 337 g/mol. The highest BCUT2D eigenvalue weighted by Gasteiger charge is 2.40. The van der Waals surface area contributed by atoms with Crippen LogP contribution < -0.4 is 15.4 Å². The molecule has 5 heteroatoms. The molecule has 2 N–H and O–H groups in total. The lowest BCUT2D eigenvalue weighted by Crippen LogP contribution is -2.41. The molecule has 130 valence electrons. The van der Waals surface area contributed by atoms with E-state index in [0.717, 1.165) is 37.4 Å². The number of para-hydroxylation sites is 2. The Morgan fingerprint density at radius 3 is 2.96 bits per heavy atom. The van der Waals surface area contributed by atoms with Gasteiger partial charge in [-0.25, -0.2) is 4.79 Å². The highest BCUT2D eigenvalue weighted by Crippen LogP contribution is 2.32. The number of ether oxygens (including phenoxy) is 1. The van der Waals surface area contributed by atoms with Gasteiger partial charge in [0.25, 0.3) is 0 Å². The number of benzene rings is 2. The normalized spacial score (nSPS) is 21.9. The van der Waals surface area contributed by atoms with Gasteiger partial charge in [0.2, 0.25) is 0 Å². The first-order valence-corrected chi connectivity index (χ1v) is 8.82. The molecule has 0 aliphatic carbocycles. The Kier molecular flexibility index (Phi) is 4.32. The van der Waals surface area contributed by atoms with Crippen molar-refractivity contribution < 1.29 is 9.53 Å². The number of nitrogens with zero attached hydrogens (tertiary/aromatic N) is 1. The number of urea groups is 1. The van der Waals surface area contributed by atoms with Crippen molar-refractivity contribution in [3.05, 3.63) is 54.1 Å². The molecule has 2 saturated heterocycles. The molecule has 2 fully saturated rings. The van der Waals surface area contributed by atoms with E-state index in [1.54, 1.807) is 0 Å². The molecule has 2 aliphatic rings. The largest absolute Gasteiger partial charge is 0.455 e. The molecule has 0 saturated carbocycles. The van der Waals surface area contributed by atoms with Crippen LogP contribution >= 0.6 is 0 Å². The van der Waals surface area contributed by atoms with Crippen LogP contribution in [0.4, 0.5) is 10.5 Å². The van der Waals surface area contributed by atoms with Crippen molar-refractivity contribution in [1.29, 1.82) is 0 Å². The molecule has 2 aromatic rings. The van der Waals surface area contributed by atoms with Gasteiger partial charge < -0.3 is 20.3 Å². The first kappa shape index (κ1) is 16.0. The van der Waals surface area contributed by atoms with Gasteiger partial charge in [-0.3, -0.25) is 0 Å². The van der Waals surface area contributed by atoms with Crippen LogP contribution in [0.3, 0.4) is 0 Å². The fourth-order valence-corrected chi connectivity index (χ4v) is 3.75. The maximum atomic E-state index is 12.7. The summed E-state index contributed by atoms with van der Waals surface area (Å²) >= 11 is 0. The van der Waals surface area contributed by atoms with Gasteiger partial charge in [-0.2, -0.15) is 0 Å². The molecule has 4 rings (SSSR count). The molecule has 2 amide bonds. The van der Waals surface area contributed by atoms with Crippen LogP contribution in [0.5, 0.6) is 11.5 Å². The van der Waals surface area contributed by atoms with Crippen LogP contribution in [0.2, 0.25) is 0 Å². The van der Waals surface area contributed by atoms with Crippen molar-refractivity contribution in [2.75, 3.05) is 25.0 Å². The summed E-state index contributed by atoms with van der Waals surface area (Å²) in [7, 11) is 0. The second-order valence-corrected chi connectivity index (χ2v) is 6.81. The molecule has 2 atom stereocenters. The lowest BCUT2D eigenvalue weighted by Gasteiger charge is -2.24. The average Bonchev–Trinajstić information content (AvgIpc) is 3.20. The molecule has 25 heavy (non-hydrogen) atoms. The summed E-state index contributed by atoms with van der Waals surface area (Å²) in [5.74, 6) is 2.01. The Morgan fingerprint density at radius 2 is 2.08 bits per heavy atom. The van der Waals surface area contributed by atoms with E-state index in [9.17, 15) is 4.79 Å². The van der Waals surface area contributed by atoms with Crippen molar-refractivity contribution in [3.8, 4) is 11.5 Å². The summed E-state index contributed by atoms with van der Waals surface area (Å²) in [5.41, 5.74) is 1.83. The third-order valence-corrected chi connectivity index (χ3v) is 5.05. The Labute approximate surface area is 148 Å². The maximum absolute atomic E-state index is 12.7. The summed E-state index contributed by atoms with van der Waals surface area (Å²) in [4.78, 5) is 14.7.